The number of aromatic nitrogens is 2. The first-order valence-corrected chi connectivity index (χ1v) is 10.8. The Morgan fingerprint density at radius 3 is 2.20 bits per heavy atom. The van der Waals surface area contributed by atoms with E-state index in [9.17, 15) is 20.3 Å². The zero-order valence-electron chi connectivity index (χ0n) is 17.4. The highest BCUT2D eigenvalue weighted by molar-refractivity contribution is 5.91. The number of hydrogen-bond donors (Lipinski definition) is 2. The molecule has 160 valence electrons. The Morgan fingerprint density at radius 1 is 0.867 bits per heavy atom. The van der Waals surface area contributed by atoms with Gasteiger partial charge >= 0.3 is 0 Å². The summed E-state index contributed by atoms with van der Waals surface area (Å²) in [6.07, 6.45) is 11.4. The fourth-order valence-corrected chi connectivity index (χ4v) is 3.81. The number of benzene rings is 2. The Bertz CT molecular complexity index is 1040. The van der Waals surface area contributed by atoms with Gasteiger partial charge in [0.25, 0.3) is 5.69 Å². The molecule has 0 saturated carbocycles. The van der Waals surface area contributed by atoms with Gasteiger partial charge in [0.05, 0.1) is 27.0 Å². The summed E-state index contributed by atoms with van der Waals surface area (Å²) in [6.45, 7) is 2.22. The normalized spacial score (nSPS) is 11.4. The van der Waals surface area contributed by atoms with Crippen LogP contribution in [0.5, 0.6) is 11.5 Å². The number of nitro benzene ring substituents is 1. The monoisotopic (exact) mass is 411 g/mol. The van der Waals surface area contributed by atoms with Crippen molar-refractivity contribution in [2.45, 2.75) is 71.1 Å². The first-order chi connectivity index (χ1) is 14.5. The van der Waals surface area contributed by atoms with Crippen molar-refractivity contribution in [1.29, 1.82) is 0 Å². The number of hydrogen-bond acceptors (Lipinski definition) is 6. The maximum Gasteiger partial charge on any atom is 0.271 e. The number of fused-ring (bicyclic) bond motifs is 2. The van der Waals surface area contributed by atoms with E-state index in [1.165, 1.54) is 56.7 Å². The van der Waals surface area contributed by atoms with E-state index in [4.69, 9.17) is 0 Å². The molecular weight excluding hydrogens is 382 g/mol. The molecular formula is C23H29N3O4. The van der Waals surface area contributed by atoms with Crippen molar-refractivity contribution in [3.63, 3.8) is 0 Å². The Balaban J connectivity index is 1.72. The summed E-state index contributed by atoms with van der Waals surface area (Å²) in [5.41, 5.74) is 2.38. The van der Waals surface area contributed by atoms with Gasteiger partial charge in [0.1, 0.15) is 0 Å². The number of aryl methyl sites for hydroxylation is 1. The van der Waals surface area contributed by atoms with Crippen LogP contribution in [0, 0.1) is 10.1 Å². The maximum atomic E-state index is 11.0. The van der Waals surface area contributed by atoms with Crippen LogP contribution in [-0.4, -0.2) is 25.1 Å². The molecule has 0 bridgehead atoms. The average Bonchev–Trinajstić information content (AvgIpc) is 2.73. The van der Waals surface area contributed by atoms with Gasteiger partial charge in [0.2, 0.25) is 0 Å². The summed E-state index contributed by atoms with van der Waals surface area (Å²) in [6, 6.07) is 5.68. The van der Waals surface area contributed by atoms with E-state index in [2.05, 4.69) is 16.9 Å². The van der Waals surface area contributed by atoms with Gasteiger partial charge in [-0.2, -0.15) is 0 Å². The maximum absolute atomic E-state index is 11.0. The Labute approximate surface area is 175 Å². The van der Waals surface area contributed by atoms with E-state index in [1.54, 1.807) is 6.07 Å². The van der Waals surface area contributed by atoms with Crippen LogP contribution in [-0.2, 0) is 6.42 Å². The third-order valence-corrected chi connectivity index (χ3v) is 5.50. The second-order valence-electron chi connectivity index (χ2n) is 7.82. The Hall–Kier alpha value is -2.96. The highest BCUT2D eigenvalue weighted by atomic mass is 16.6. The molecule has 2 N–H and O–H groups in total. The van der Waals surface area contributed by atoms with Gasteiger partial charge in [0.15, 0.2) is 11.5 Å². The molecule has 0 aliphatic rings. The summed E-state index contributed by atoms with van der Waals surface area (Å²) in [4.78, 5) is 19.5. The SMILES string of the molecule is CCCCCCCCCCCc1c(O)c(O)cc2nc3cc([N+](=O)[O-])ccc3nc12. The standard InChI is InChI=1S/C23H29N3O4/c1-2-3-4-5-6-7-8-9-10-11-17-22-20(15-21(27)23(17)28)24-19-14-16(26(29)30)12-13-18(19)25-22/h12-15,27-28H,2-11H2,1H3. The average molecular weight is 412 g/mol. The zero-order chi connectivity index (χ0) is 21.5. The van der Waals surface area contributed by atoms with Gasteiger partial charge in [-0.05, 0) is 18.9 Å². The molecule has 0 spiro atoms. The molecule has 0 atom stereocenters. The van der Waals surface area contributed by atoms with Crippen LogP contribution in [0.25, 0.3) is 22.1 Å². The lowest BCUT2D eigenvalue weighted by molar-refractivity contribution is -0.384. The number of phenols is 2. The predicted molar refractivity (Wildman–Crippen MR) is 118 cm³/mol. The highest BCUT2D eigenvalue weighted by Crippen LogP contribution is 2.36. The summed E-state index contributed by atoms with van der Waals surface area (Å²) >= 11 is 0. The van der Waals surface area contributed by atoms with Crippen molar-refractivity contribution in [3.05, 3.63) is 39.9 Å². The summed E-state index contributed by atoms with van der Waals surface area (Å²) < 4.78 is 0. The fourth-order valence-electron chi connectivity index (χ4n) is 3.81. The number of aromatic hydroxyl groups is 2. The lowest BCUT2D eigenvalue weighted by Gasteiger charge is -2.11. The van der Waals surface area contributed by atoms with E-state index < -0.39 is 4.92 Å². The van der Waals surface area contributed by atoms with Crippen LogP contribution in [0.4, 0.5) is 5.69 Å². The second kappa shape index (κ2) is 10.2. The van der Waals surface area contributed by atoms with E-state index in [0.717, 1.165) is 19.3 Å². The molecule has 0 aliphatic carbocycles. The summed E-state index contributed by atoms with van der Waals surface area (Å²) in [7, 11) is 0. The minimum Gasteiger partial charge on any atom is -0.504 e. The van der Waals surface area contributed by atoms with E-state index >= 15 is 0 Å². The minimum absolute atomic E-state index is 0.0610. The third-order valence-electron chi connectivity index (χ3n) is 5.50. The van der Waals surface area contributed by atoms with Gasteiger partial charge in [-0.15, -0.1) is 0 Å². The van der Waals surface area contributed by atoms with Gasteiger partial charge < -0.3 is 10.2 Å². The second-order valence-corrected chi connectivity index (χ2v) is 7.82. The predicted octanol–water partition coefficient (Wildman–Crippen LogP) is 6.18. The molecule has 3 rings (SSSR count). The molecule has 1 heterocycles. The third kappa shape index (κ3) is 5.14. The molecule has 2 aromatic carbocycles. The van der Waals surface area contributed by atoms with Crippen molar-refractivity contribution in [2.75, 3.05) is 0 Å². The van der Waals surface area contributed by atoms with E-state index in [-0.39, 0.29) is 17.2 Å². The van der Waals surface area contributed by atoms with Gasteiger partial charge in [-0.25, -0.2) is 9.97 Å². The van der Waals surface area contributed by atoms with Gasteiger partial charge in [-0.3, -0.25) is 10.1 Å². The number of nitro groups is 1. The smallest absolute Gasteiger partial charge is 0.271 e. The number of nitrogens with zero attached hydrogens (tertiary/aromatic N) is 3. The molecule has 0 unspecified atom stereocenters. The van der Waals surface area contributed by atoms with Crippen LogP contribution in [0.15, 0.2) is 24.3 Å². The zero-order valence-corrected chi connectivity index (χ0v) is 17.4. The topological polar surface area (TPSA) is 109 Å². The highest BCUT2D eigenvalue weighted by Gasteiger charge is 2.16. The van der Waals surface area contributed by atoms with Crippen LogP contribution in [0.2, 0.25) is 0 Å². The molecule has 7 nitrogen and oxygen atoms in total. The molecule has 0 amide bonds. The van der Waals surface area contributed by atoms with Crippen LogP contribution < -0.4 is 0 Å². The Morgan fingerprint density at radius 2 is 1.53 bits per heavy atom. The Kier molecular flexibility index (Phi) is 7.38. The molecule has 3 aromatic rings. The largest absolute Gasteiger partial charge is 0.504 e. The summed E-state index contributed by atoms with van der Waals surface area (Å²) in [5.74, 6) is -0.398. The van der Waals surface area contributed by atoms with Crippen molar-refractivity contribution in [1.82, 2.24) is 9.97 Å². The molecule has 0 saturated heterocycles. The van der Waals surface area contributed by atoms with Crippen molar-refractivity contribution >= 4 is 27.8 Å². The van der Waals surface area contributed by atoms with Crippen molar-refractivity contribution in [2.24, 2.45) is 0 Å². The van der Waals surface area contributed by atoms with E-state index in [1.807, 2.05) is 0 Å². The first-order valence-electron chi connectivity index (χ1n) is 10.8. The van der Waals surface area contributed by atoms with Crippen molar-refractivity contribution in [3.8, 4) is 11.5 Å². The van der Waals surface area contributed by atoms with Crippen molar-refractivity contribution < 1.29 is 15.1 Å². The van der Waals surface area contributed by atoms with Gasteiger partial charge in [-0.1, -0.05) is 58.3 Å². The number of rotatable bonds is 11. The lowest BCUT2D eigenvalue weighted by Crippen LogP contribution is -1.96. The quantitative estimate of drug-likeness (QED) is 0.128. The van der Waals surface area contributed by atoms with Crippen LogP contribution in [0.3, 0.4) is 0 Å². The molecule has 1 aromatic heterocycles. The molecule has 0 aliphatic heterocycles. The molecule has 7 heteroatoms. The number of non-ortho nitro benzene ring substituents is 1. The molecule has 0 radical (unpaired) electrons. The first kappa shape index (κ1) is 21.7. The lowest BCUT2D eigenvalue weighted by atomic mass is 10.0. The number of phenolic OH excluding ortho intramolecular Hbond substituents is 2. The molecule has 0 fully saturated rings. The van der Waals surface area contributed by atoms with Crippen LogP contribution in [0.1, 0.15) is 70.3 Å². The molecule has 30 heavy (non-hydrogen) atoms. The fraction of sp³-hybridized carbons (Fsp3) is 0.478. The van der Waals surface area contributed by atoms with Gasteiger partial charge in [0, 0.05) is 23.8 Å². The minimum atomic E-state index is -0.477. The number of unbranched alkanes of at least 4 members (excludes halogenated alkanes) is 8. The van der Waals surface area contributed by atoms with Crippen LogP contribution >= 0.6 is 0 Å². The van der Waals surface area contributed by atoms with E-state index in [0.29, 0.717) is 34.1 Å². The summed E-state index contributed by atoms with van der Waals surface area (Å²) in [5, 5.41) is 31.5.